The molecule has 0 heterocycles. The largest absolute Gasteiger partial charge is 0.0917 e. The van der Waals surface area contributed by atoms with E-state index in [2.05, 4.69) is 50.3 Å². The summed E-state index contributed by atoms with van der Waals surface area (Å²) in [4.78, 5) is 0. The first kappa shape index (κ1) is 21.5. The van der Waals surface area contributed by atoms with Crippen LogP contribution in [0.3, 0.4) is 0 Å². The van der Waals surface area contributed by atoms with E-state index >= 15 is 0 Å². The van der Waals surface area contributed by atoms with Crippen LogP contribution in [0.25, 0.3) is 0 Å². The fraction of sp³-hybridized carbons (Fsp3) is 0.769. The predicted molar refractivity (Wildman–Crippen MR) is 117 cm³/mol. The molecule has 0 radical (unpaired) electrons. The van der Waals surface area contributed by atoms with Gasteiger partial charge in [-0.05, 0) is 114 Å². The van der Waals surface area contributed by atoms with Crippen molar-refractivity contribution in [1.29, 1.82) is 0 Å². The molecule has 0 aromatic rings. The summed E-state index contributed by atoms with van der Waals surface area (Å²) in [5, 5.41) is 0. The van der Waals surface area contributed by atoms with E-state index in [-0.39, 0.29) is 0 Å². The van der Waals surface area contributed by atoms with Crippen LogP contribution in [-0.2, 0) is 0 Å². The molecule has 2 aliphatic carbocycles. The molecule has 0 bridgehead atoms. The van der Waals surface area contributed by atoms with Crippen LogP contribution in [0.1, 0.15) is 104 Å². The fourth-order valence-electron chi connectivity index (χ4n) is 4.91. The summed E-state index contributed by atoms with van der Waals surface area (Å²) < 4.78 is 0. The summed E-state index contributed by atoms with van der Waals surface area (Å²) >= 11 is 0. The molecule has 0 amide bonds. The van der Waals surface area contributed by atoms with Crippen LogP contribution in [0.4, 0.5) is 0 Å². The van der Waals surface area contributed by atoms with Crippen molar-refractivity contribution in [2.45, 2.75) is 104 Å². The molecular formula is C26H44. The Labute approximate surface area is 164 Å². The quantitative estimate of drug-likeness (QED) is 0.343. The summed E-state index contributed by atoms with van der Waals surface area (Å²) in [6, 6.07) is 0. The lowest BCUT2D eigenvalue weighted by Crippen LogP contribution is -2.13. The molecule has 0 aromatic heterocycles. The average molecular weight is 357 g/mol. The van der Waals surface area contributed by atoms with Crippen molar-refractivity contribution in [3.05, 3.63) is 36.5 Å². The van der Waals surface area contributed by atoms with Crippen LogP contribution in [0, 0.1) is 23.7 Å². The first-order valence-corrected chi connectivity index (χ1v) is 11.8. The van der Waals surface area contributed by atoms with E-state index in [4.69, 9.17) is 0 Å². The third-order valence-electron chi connectivity index (χ3n) is 6.77. The van der Waals surface area contributed by atoms with Crippen LogP contribution < -0.4 is 0 Å². The molecule has 2 saturated carbocycles. The summed E-state index contributed by atoms with van der Waals surface area (Å²) in [7, 11) is 0. The Balaban J connectivity index is 1.52. The second kappa shape index (κ2) is 13.4. The van der Waals surface area contributed by atoms with Crippen molar-refractivity contribution < 1.29 is 0 Å². The minimum Gasteiger partial charge on any atom is -0.0917 e. The van der Waals surface area contributed by atoms with Gasteiger partial charge in [-0.3, -0.25) is 0 Å². The zero-order chi connectivity index (χ0) is 18.5. The highest BCUT2D eigenvalue weighted by atomic mass is 14.3. The molecule has 148 valence electrons. The third-order valence-corrected chi connectivity index (χ3v) is 6.77. The van der Waals surface area contributed by atoms with Gasteiger partial charge in [-0.15, -0.1) is 0 Å². The van der Waals surface area contributed by atoms with Gasteiger partial charge in [-0.25, -0.2) is 0 Å². The summed E-state index contributed by atoms with van der Waals surface area (Å²) in [5.41, 5.74) is 0. The van der Waals surface area contributed by atoms with Crippen LogP contribution >= 0.6 is 0 Å². The normalized spacial score (nSPS) is 30.7. The Bertz CT molecular complexity index is 411. The van der Waals surface area contributed by atoms with E-state index in [0.717, 1.165) is 23.7 Å². The highest BCUT2D eigenvalue weighted by Gasteiger charge is 2.20. The smallest absolute Gasteiger partial charge is 0.0233 e. The maximum Gasteiger partial charge on any atom is -0.0233 e. The molecule has 0 aromatic carbocycles. The van der Waals surface area contributed by atoms with Crippen molar-refractivity contribution >= 4 is 0 Å². The van der Waals surface area contributed by atoms with Crippen molar-refractivity contribution in [1.82, 2.24) is 0 Å². The minimum absolute atomic E-state index is 0.882. The number of hydrogen-bond donors (Lipinski definition) is 0. The van der Waals surface area contributed by atoms with Gasteiger partial charge in [0.25, 0.3) is 0 Å². The van der Waals surface area contributed by atoms with Crippen LogP contribution in [-0.4, -0.2) is 0 Å². The Kier molecular flexibility index (Phi) is 11.1. The molecule has 0 unspecified atom stereocenters. The highest BCUT2D eigenvalue weighted by molar-refractivity contribution is 4.93. The van der Waals surface area contributed by atoms with Crippen LogP contribution in [0.2, 0.25) is 0 Å². The molecule has 2 fully saturated rings. The maximum absolute atomic E-state index is 2.57. The van der Waals surface area contributed by atoms with Gasteiger partial charge >= 0.3 is 0 Å². The summed E-state index contributed by atoms with van der Waals surface area (Å²) in [6.07, 6.45) is 34.2. The molecular weight excluding hydrogens is 312 g/mol. The molecule has 26 heavy (non-hydrogen) atoms. The van der Waals surface area contributed by atoms with E-state index in [1.54, 1.807) is 0 Å². The summed E-state index contributed by atoms with van der Waals surface area (Å²) in [5.74, 6) is 3.76. The lowest BCUT2D eigenvalue weighted by Gasteiger charge is -2.27. The van der Waals surface area contributed by atoms with E-state index < -0.39 is 0 Å². The zero-order valence-electron chi connectivity index (χ0n) is 17.7. The van der Waals surface area contributed by atoms with Gasteiger partial charge in [0.15, 0.2) is 0 Å². The minimum atomic E-state index is 0.882. The SMILES string of the molecule is CC=CCCC1CCC(C=CCCC2CCC(C=CCCC)CC2)CC1. The number of unbranched alkanes of at least 4 members (excludes halogenated alkanes) is 1. The molecule has 0 saturated heterocycles. The Morgan fingerprint density at radius 2 is 1.08 bits per heavy atom. The lowest BCUT2D eigenvalue weighted by molar-refractivity contribution is 0.293. The molecule has 0 N–H and O–H groups in total. The van der Waals surface area contributed by atoms with E-state index in [1.807, 2.05) is 0 Å². The van der Waals surface area contributed by atoms with E-state index in [0.29, 0.717) is 0 Å². The lowest BCUT2D eigenvalue weighted by atomic mass is 9.79. The fourth-order valence-corrected chi connectivity index (χ4v) is 4.91. The van der Waals surface area contributed by atoms with Crippen molar-refractivity contribution in [3.63, 3.8) is 0 Å². The third kappa shape index (κ3) is 8.74. The van der Waals surface area contributed by atoms with Gasteiger partial charge in [0.1, 0.15) is 0 Å². The maximum atomic E-state index is 2.57. The Hall–Kier alpha value is -0.780. The van der Waals surface area contributed by atoms with Gasteiger partial charge in [0.2, 0.25) is 0 Å². The van der Waals surface area contributed by atoms with Crippen molar-refractivity contribution in [2.24, 2.45) is 23.7 Å². The van der Waals surface area contributed by atoms with E-state index in [9.17, 15) is 0 Å². The molecule has 0 heteroatoms. The number of allylic oxidation sites excluding steroid dienone is 6. The number of hydrogen-bond acceptors (Lipinski definition) is 0. The van der Waals surface area contributed by atoms with Gasteiger partial charge < -0.3 is 0 Å². The second-order valence-electron chi connectivity index (χ2n) is 8.93. The molecule has 0 atom stereocenters. The van der Waals surface area contributed by atoms with Gasteiger partial charge in [-0.1, -0.05) is 49.8 Å². The number of rotatable bonds is 10. The predicted octanol–water partition coefficient (Wildman–Crippen LogP) is 8.65. The topological polar surface area (TPSA) is 0 Å². The zero-order valence-corrected chi connectivity index (χ0v) is 17.7. The molecule has 0 spiro atoms. The Morgan fingerprint density at radius 3 is 1.54 bits per heavy atom. The van der Waals surface area contributed by atoms with Crippen LogP contribution in [0.15, 0.2) is 36.5 Å². The molecule has 0 aliphatic heterocycles. The average Bonchev–Trinajstić information content (AvgIpc) is 2.68. The summed E-state index contributed by atoms with van der Waals surface area (Å²) in [6.45, 7) is 4.41. The first-order chi connectivity index (χ1) is 12.8. The van der Waals surface area contributed by atoms with E-state index in [1.165, 1.54) is 89.9 Å². The molecule has 0 nitrogen and oxygen atoms in total. The molecule has 2 aliphatic rings. The monoisotopic (exact) mass is 356 g/mol. The first-order valence-electron chi connectivity index (χ1n) is 11.8. The molecule has 2 rings (SSSR count). The highest BCUT2D eigenvalue weighted by Crippen LogP contribution is 2.34. The van der Waals surface area contributed by atoms with Crippen LogP contribution in [0.5, 0.6) is 0 Å². The van der Waals surface area contributed by atoms with Gasteiger partial charge in [0, 0.05) is 0 Å². The standard InChI is InChI=1S/C26H44/c1-3-5-7-11-23-15-19-25(20-16-23)13-9-10-14-26-21-17-24(18-22-26)12-8-6-4-2/h3,5,8-9,12-13,23-26H,4,6-7,10-11,14-22H2,1-2H3. The van der Waals surface area contributed by atoms with Gasteiger partial charge in [-0.2, -0.15) is 0 Å². The van der Waals surface area contributed by atoms with Crippen molar-refractivity contribution in [2.75, 3.05) is 0 Å². The second-order valence-corrected chi connectivity index (χ2v) is 8.93. The Morgan fingerprint density at radius 1 is 0.615 bits per heavy atom. The van der Waals surface area contributed by atoms with Gasteiger partial charge in [0.05, 0.1) is 0 Å². The van der Waals surface area contributed by atoms with Crippen molar-refractivity contribution in [3.8, 4) is 0 Å².